The molecule has 0 spiro atoms. The van der Waals surface area contributed by atoms with Gasteiger partial charge in [-0.3, -0.25) is 4.79 Å². The fourth-order valence-electron chi connectivity index (χ4n) is 3.30. The van der Waals surface area contributed by atoms with E-state index in [-0.39, 0.29) is 18.4 Å². The first kappa shape index (κ1) is 13.5. The number of benzene rings is 1. The molecule has 0 heterocycles. The van der Waals surface area contributed by atoms with E-state index in [1.165, 1.54) is 19.3 Å². The molecule has 0 aliphatic heterocycles. The number of rotatable bonds is 2. The molecule has 2 atom stereocenters. The van der Waals surface area contributed by atoms with E-state index in [0.29, 0.717) is 16.9 Å². The topological polar surface area (TPSA) is 55.1 Å². The van der Waals surface area contributed by atoms with Crippen molar-refractivity contribution in [3.05, 3.63) is 28.8 Å². The number of fused-ring (bicyclic) bond motifs is 1. The summed E-state index contributed by atoms with van der Waals surface area (Å²) in [6, 6.07) is 5.32. The molecule has 0 saturated heterocycles. The molecule has 3 rings (SSSR count). The number of nitrogens with two attached hydrogens (primary N) is 1. The zero-order chi connectivity index (χ0) is 14.1. The molecule has 2 saturated carbocycles. The van der Waals surface area contributed by atoms with Gasteiger partial charge in [-0.1, -0.05) is 29.9 Å². The molecule has 0 aromatic heterocycles. The summed E-state index contributed by atoms with van der Waals surface area (Å²) in [4.78, 5) is 12.3. The van der Waals surface area contributed by atoms with Crippen LogP contribution in [-0.4, -0.2) is 12.5 Å². The summed E-state index contributed by atoms with van der Waals surface area (Å²) in [6.07, 6.45) is 3.67. The predicted molar refractivity (Wildman–Crippen MR) is 80.3 cm³/mol. The second-order valence-electron chi connectivity index (χ2n) is 5.47. The summed E-state index contributed by atoms with van der Waals surface area (Å²) >= 11 is 5.97. The lowest BCUT2D eigenvalue weighted by atomic mass is 10.1. The minimum Gasteiger partial charge on any atom is -0.325 e. The van der Waals surface area contributed by atoms with Gasteiger partial charge in [-0.05, 0) is 42.9 Å². The monoisotopic (exact) mass is 288 g/mol. The molecule has 1 amide bonds. The fourth-order valence-corrected chi connectivity index (χ4v) is 3.47. The zero-order valence-corrected chi connectivity index (χ0v) is 11.9. The smallest absolute Gasteiger partial charge is 0.228 e. The van der Waals surface area contributed by atoms with E-state index in [1.807, 2.05) is 0 Å². The second kappa shape index (κ2) is 5.47. The van der Waals surface area contributed by atoms with Gasteiger partial charge in [0.25, 0.3) is 0 Å². The molecule has 1 aromatic rings. The Morgan fingerprint density at radius 1 is 1.40 bits per heavy atom. The van der Waals surface area contributed by atoms with Gasteiger partial charge in [0.05, 0.1) is 12.2 Å². The maximum absolute atomic E-state index is 12.3. The molecule has 1 aromatic carbocycles. The third kappa shape index (κ3) is 2.54. The van der Waals surface area contributed by atoms with Gasteiger partial charge < -0.3 is 11.1 Å². The quantitative estimate of drug-likeness (QED) is 0.822. The van der Waals surface area contributed by atoms with E-state index < -0.39 is 0 Å². The lowest BCUT2D eigenvalue weighted by Gasteiger charge is -2.09. The van der Waals surface area contributed by atoms with Crippen LogP contribution in [0.15, 0.2) is 18.2 Å². The minimum atomic E-state index is 0.123. The molecule has 4 heteroatoms. The highest BCUT2D eigenvalue weighted by molar-refractivity contribution is 6.30. The molecule has 2 aliphatic rings. The van der Waals surface area contributed by atoms with Gasteiger partial charge in [-0.25, -0.2) is 0 Å². The summed E-state index contributed by atoms with van der Waals surface area (Å²) in [5.74, 6) is 7.30. The first-order valence-corrected chi connectivity index (χ1v) is 7.38. The van der Waals surface area contributed by atoms with Crippen molar-refractivity contribution in [1.82, 2.24) is 0 Å². The van der Waals surface area contributed by atoms with Crippen LogP contribution in [0.3, 0.4) is 0 Å². The van der Waals surface area contributed by atoms with Crippen LogP contribution in [0.1, 0.15) is 24.8 Å². The molecular formula is C16H17ClN2O. The van der Waals surface area contributed by atoms with E-state index in [9.17, 15) is 4.79 Å². The molecule has 2 unspecified atom stereocenters. The fraction of sp³-hybridized carbons (Fsp3) is 0.438. The first-order chi connectivity index (χ1) is 9.70. The molecule has 0 bridgehead atoms. The van der Waals surface area contributed by atoms with E-state index >= 15 is 0 Å². The van der Waals surface area contributed by atoms with Crippen LogP contribution >= 0.6 is 11.6 Å². The van der Waals surface area contributed by atoms with E-state index in [4.69, 9.17) is 17.3 Å². The van der Waals surface area contributed by atoms with Crippen molar-refractivity contribution in [2.75, 3.05) is 11.9 Å². The second-order valence-corrected chi connectivity index (χ2v) is 5.91. The van der Waals surface area contributed by atoms with Crippen LogP contribution in [-0.2, 0) is 4.79 Å². The van der Waals surface area contributed by atoms with Crippen LogP contribution in [0, 0.1) is 29.6 Å². The van der Waals surface area contributed by atoms with Crippen molar-refractivity contribution in [3.8, 4) is 11.8 Å². The van der Waals surface area contributed by atoms with Crippen LogP contribution in [0.5, 0.6) is 0 Å². The minimum absolute atomic E-state index is 0.123. The number of hydrogen-bond donors (Lipinski definition) is 2. The van der Waals surface area contributed by atoms with E-state index in [2.05, 4.69) is 17.2 Å². The van der Waals surface area contributed by atoms with Gasteiger partial charge in [0, 0.05) is 16.5 Å². The largest absolute Gasteiger partial charge is 0.325 e. The van der Waals surface area contributed by atoms with Gasteiger partial charge in [0.1, 0.15) is 0 Å². The van der Waals surface area contributed by atoms with Crippen LogP contribution in [0.4, 0.5) is 5.69 Å². The Morgan fingerprint density at radius 3 is 2.85 bits per heavy atom. The third-order valence-electron chi connectivity index (χ3n) is 4.27. The van der Waals surface area contributed by atoms with Crippen LogP contribution in [0.25, 0.3) is 0 Å². The Labute approximate surface area is 123 Å². The highest BCUT2D eigenvalue weighted by atomic mass is 35.5. The SMILES string of the molecule is NCC#Cc1cc(Cl)ccc1NC(=O)C1C2CCCC21. The molecule has 20 heavy (non-hydrogen) atoms. The number of carbonyl (C=O) groups excluding carboxylic acids is 1. The maximum Gasteiger partial charge on any atom is 0.228 e. The Kier molecular flexibility index (Phi) is 3.69. The highest BCUT2D eigenvalue weighted by Gasteiger charge is 2.56. The normalized spacial score (nSPS) is 26.4. The Bertz CT molecular complexity index is 592. The molecule has 0 radical (unpaired) electrons. The third-order valence-corrected chi connectivity index (χ3v) is 4.51. The highest BCUT2D eigenvalue weighted by Crippen LogP contribution is 2.57. The zero-order valence-electron chi connectivity index (χ0n) is 11.2. The lowest BCUT2D eigenvalue weighted by molar-refractivity contribution is -0.118. The van der Waals surface area contributed by atoms with Gasteiger partial charge in [-0.2, -0.15) is 0 Å². The molecule has 3 nitrogen and oxygen atoms in total. The standard InChI is InChI=1S/C16H17ClN2O/c17-11-6-7-14(10(9-11)3-2-8-18)19-16(20)15-12-4-1-5-13(12)15/h6-7,9,12-13,15H,1,4-5,8,18H2,(H,19,20). The summed E-state index contributed by atoms with van der Waals surface area (Å²) in [6.45, 7) is 0.284. The van der Waals surface area contributed by atoms with Gasteiger partial charge in [-0.15, -0.1) is 0 Å². The van der Waals surface area contributed by atoms with Crippen molar-refractivity contribution in [2.24, 2.45) is 23.5 Å². The maximum atomic E-state index is 12.3. The van der Waals surface area contributed by atoms with E-state index in [1.54, 1.807) is 18.2 Å². The Balaban J connectivity index is 1.75. The summed E-state index contributed by atoms with van der Waals surface area (Å²) in [5, 5.41) is 3.60. The molecular weight excluding hydrogens is 272 g/mol. The first-order valence-electron chi connectivity index (χ1n) is 7.00. The van der Waals surface area contributed by atoms with Crippen LogP contribution in [0.2, 0.25) is 5.02 Å². The van der Waals surface area contributed by atoms with Crippen molar-refractivity contribution in [3.63, 3.8) is 0 Å². The molecule has 2 aliphatic carbocycles. The average molecular weight is 289 g/mol. The average Bonchev–Trinajstić information content (AvgIpc) is 2.92. The number of hydrogen-bond acceptors (Lipinski definition) is 2. The van der Waals surface area contributed by atoms with Crippen molar-refractivity contribution >= 4 is 23.2 Å². The van der Waals surface area contributed by atoms with E-state index in [0.717, 1.165) is 11.3 Å². The lowest BCUT2D eigenvalue weighted by Crippen LogP contribution is -2.17. The molecule has 3 N–H and O–H groups in total. The van der Waals surface area contributed by atoms with Crippen molar-refractivity contribution < 1.29 is 4.79 Å². The molecule has 2 fully saturated rings. The van der Waals surface area contributed by atoms with Crippen LogP contribution < -0.4 is 11.1 Å². The predicted octanol–water partition coefficient (Wildman–Crippen LogP) is 2.63. The Hall–Kier alpha value is -1.50. The summed E-state index contributed by atoms with van der Waals surface area (Å²) in [5.41, 5.74) is 6.84. The number of halogens is 1. The number of amides is 1. The summed E-state index contributed by atoms with van der Waals surface area (Å²) in [7, 11) is 0. The van der Waals surface area contributed by atoms with Gasteiger partial charge in [0.15, 0.2) is 0 Å². The number of carbonyl (C=O) groups is 1. The summed E-state index contributed by atoms with van der Waals surface area (Å²) < 4.78 is 0. The van der Waals surface area contributed by atoms with Gasteiger partial charge >= 0.3 is 0 Å². The van der Waals surface area contributed by atoms with Crippen molar-refractivity contribution in [1.29, 1.82) is 0 Å². The number of nitrogens with one attached hydrogen (secondary N) is 1. The Morgan fingerprint density at radius 2 is 2.15 bits per heavy atom. The number of anilines is 1. The van der Waals surface area contributed by atoms with Gasteiger partial charge in [0.2, 0.25) is 5.91 Å². The molecule has 104 valence electrons. The van der Waals surface area contributed by atoms with Crippen molar-refractivity contribution in [2.45, 2.75) is 19.3 Å².